The summed E-state index contributed by atoms with van der Waals surface area (Å²) in [6, 6.07) is 9.88. The van der Waals surface area contributed by atoms with Gasteiger partial charge in [-0.3, -0.25) is 0 Å². The second-order valence-corrected chi connectivity index (χ2v) is 5.72. The zero-order valence-corrected chi connectivity index (χ0v) is 12.0. The largest absolute Gasteiger partial charge is 0.339 e. The van der Waals surface area contributed by atoms with Crippen molar-refractivity contribution in [3.8, 4) is 11.4 Å². The van der Waals surface area contributed by atoms with Crippen molar-refractivity contribution in [2.75, 3.05) is 0 Å². The highest BCUT2D eigenvalue weighted by atomic mass is 32.1. The molecule has 0 radical (unpaired) electrons. The summed E-state index contributed by atoms with van der Waals surface area (Å²) in [7, 11) is 1.86. The molecule has 6 nitrogen and oxygen atoms in total. The van der Waals surface area contributed by atoms with Gasteiger partial charge in [0.1, 0.15) is 5.52 Å². The Morgan fingerprint density at radius 1 is 1.29 bits per heavy atom. The summed E-state index contributed by atoms with van der Waals surface area (Å²) in [4.78, 5) is 5.66. The third kappa shape index (κ3) is 2.21. The van der Waals surface area contributed by atoms with Crippen LogP contribution in [0.1, 0.15) is 10.8 Å². The van der Waals surface area contributed by atoms with Gasteiger partial charge < -0.3 is 4.52 Å². The molecule has 104 valence electrons. The van der Waals surface area contributed by atoms with Crippen LogP contribution < -0.4 is 0 Å². The van der Waals surface area contributed by atoms with E-state index in [4.69, 9.17) is 4.52 Å². The van der Waals surface area contributed by atoms with Gasteiger partial charge in [0.25, 0.3) is 0 Å². The zero-order chi connectivity index (χ0) is 14.2. The molecule has 7 heteroatoms. The van der Waals surface area contributed by atoms with Crippen LogP contribution in [0.2, 0.25) is 0 Å². The molecule has 0 saturated carbocycles. The number of aromatic nitrogens is 5. The second kappa shape index (κ2) is 4.78. The van der Waals surface area contributed by atoms with Gasteiger partial charge in [0.05, 0.1) is 11.9 Å². The van der Waals surface area contributed by atoms with Crippen molar-refractivity contribution in [2.45, 2.75) is 6.42 Å². The summed E-state index contributed by atoms with van der Waals surface area (Å²) in [6.07, 6.45) is 0.667. The van der Waals surface area contributed by atoms with E-state index in [0.29, 0.717) is 18.1 Å². The van der Waals surface area contributed by atoms with Crippen LogP contribution >= 0.6 is 11.3 Å². The lowest BCUT2D eigenvalue weighted by molar-refractivity contribution is 0.386. The molecule has 0 amide bonds. The van der Waals surface area contributed by atoms with Gasteiger partial charge in [-0.25, -0.2) is 4.68 Å². The molecule has 3 aromatic heterocycles. The molecule has 0 unspecified atom stereocenters. The number of nitrogens with zero attached hydrogens (tertiary/aromatic N) is 5. The van der Waals surface area contributed by atoms with E-state index in [-0.39, 0.29) is 0 Å². The molecule has 0 bridgehead atoms. The first kappa shape index (κ1) is 12.2. The van der Waals surface area contributed by atoms with Crippen LogP contribution in [-0.2, 0) is 13.5 Å². The van der Waals surface area contributed by atoms with Crippen LogP contribution in [0.3, 0.4) is 0 Å². The molecule has 0 atom stereocenters. The van der Waals surface area contributed by atoms with Gasteiger partial charge in [0.15, 0.2) is 0 Å². The second-order valence-electron chi connectivity index (χ2n) is 4.68. The average molecular weight is 297 g/mol. The highest BCUT2D eigenvalue weighted by Crippen LogP contribution is 2.22. The molecule has 1 aromatic carbocycles. The van der Waals surface area contributed by atoms with Crippen molar-refractivity contribution in [3.63, 3.8) is 0 Å². The smallest absolute Gasteiger partial charge is 0.232 e. The monoisotopic (exact) mass is 297 g/mol. The Kier molecular flexibility index (Phi) is 2.78. The fraction of sp³-hybridized carbons (Fsp3) is 0.143. The van der Waals surface area contributed by atoms with Gasteiger partial charge in [-0.15, -0.1) is 16.4 Å². The fourth-order valence-electron chi connectivity index (χ4n) is 2.18. The predicted molar refractivity (Wildman–Crippen MR) is 78.9 cm³/mol. The third-order valence-corrected chi connectivity index (χ3v) is 4.12. The molecule has 0 fully saturated rings. The van der Waals surface area contributed by atoms with Crippen LogP contribution in [0.25, 0.3) is 22.4 Å². The maximum Gasteiger partial charge on any atom is 0.232 e. The maximum atomic E-state index is 5.32. The molecule has 3 heterocycles. The van der Waals surface area contributed by atoms with Crippen molar-refractivity contribution < 1.29 is 4.52 Å². The van der Waals surface area contributed by atoms with E-state index in [2.05, 4.69) is 26.5 Å². The Morgan fingerprint density at radius 3 is 3.10 bits per heavy atom. The van der Waals surface area contributed by atoms with Gasteiger partial charge in [-0.1, -0.05) is 16.4 Å². The van der Waals surface area contributed by atoms with Gasteiger partial charge in [-0.2, -0.15) is 4.98 Å². The Hall–Kier alpha value is -2.54. The summed E-state index contributed by atoms with van der Waals surface area (Å²) in [5.41, 5.74) is 2.69. The minimum absolute atomic E-state index is 0.588. The molecule has 21 heavy (non-hydrogen) atoms. The number of hydrogen-bond donors (Lipinski definition) is 0. The summed E-state index contributed by atoms with van der Waals surface area (Å²) in [6.45, 7) is 0. The number of aryl methyl sites for hydroxylation is 1. The van der Waals surface area contributed by atoms with Gasteiger partial charge >= 0.3 is 0 Å². The van der Waals surface area contributed by atoms with Crippen LogP contribution in [0, 0.1) is 0 Å². The summed E-state index contributed by atoms with van der Waals surface area (Å²) in [5.74, 6) is 1.21. The highest BCUT2D eigenvalue weighted by Gasteiger charge is 2.11. The summed E-state index contributed by atoms with van der Waals surface area (Å²) < 4.78 is 7.05. The molecule has 0 aliphatic carbocycles. The normalized spacial score (nSPS) is 11.3. The lowest BCUT2D eigenvalue weighted by Gasteiger charge is -1.95. The van der Waals surface area contributed by atoms with E-state index in [9.17, 15) is 0 Å². The van der Waals surface area contributed by atoms with Crippen molar-refractivity contribution in [3.05, 3.63) is 46.5 Å². The first-order chi connectivity index (χ1) is 10.3. The summed E-state index contributed by atoms with van der Waals surface area (Å²) >= 11 is 1.68. The molecule has 0 aliphatic rings. The minimum Gasteiger partial charge on any atom is -0.339 e. The predicted octanol–water partition coefficient (Wildman–Crippen LogP) is 2.67. The molecule has 0 N–H and O–H groups in total. The topological polar surface area (TPSA) is 69.6 Å². The minimum atomic E-state index is 0.588. The zero-order valence-electron chi connectivity index (χ0n) is 11.2. The Labute approximate surface area is 124 Å². The van der Waals surface area contributed by atoms with Crippen molar-refractivity contribution >= 4 is 22.4 Å². The molecule has 0 aliphatic heterocycles. The van der Waals surface area contributed by atoms with Crippen LogP contribution in [0.15, 0.2) is 40.2 Å². The Balaban J connectivity index is 1.68. The standard InChI is InChI=1S/C14H11N5OS/c1-19-12-7-9(4-5-11(12)16-18-19)14-15-13(20-17-14)8-10-3-2-6-21-10/h2-7H,8H2,1H3. The molecular formula is C14H11N5OS. The lowest BCUT2D eigenvalue weighted by Crippen LogP contribution is -1.90. The Morgan fingerprint density at radius 2 is 2.24 bits per heavy atom. The number of thiophene rings is 1. The first-order valence-electron chi connectivity index (χ1n) is 6.44. The molecule has 0 spiro atoms. The average Bonchev–Trinajstić information content (AvgIpc) is 3.22. The quantitative estimate of drug-likeness (QED) is 0.581. The lowest BCUT2D eigenvalue weighted by atomic mass is 10.2. The van der Waals surface area contributed by atoms with E-state index in [1.807, 2.05) is 36.7 Å². The van der Waals surface area contributed by atoms with Crippen molar-refractivity contribution in [1.82, 2.24) is 25.1 Å². The van der Waals surface area contributed by atoms with Crippen molar-refractivity contribution in [2.24, 2.45) is 7.05 Å². The van der Waals surface area contributed by atoms with Crippen molar-refractivity contribution in [1.29, 1.82) is 0 Å². The number of fused-ring (bicyclic) bond motifs is 1. The van der Waals surface area contributed by atoms with Gasteiger partial charge in [0, 0.05) is 17.5 Å². The number of benzene rings is 1. The molecule has 4 rings (SSSR count). The summed E-state index contributed by atoms with van der Waals surface area (Å²) in [5, 5.41) is 14.1. The van der Waals surface area contributed by atoms with Gasteiger partial charge in [-0.05, 0) is 29.6 Å². The van der Waals surface area contributed by atoms with E-state index >= 15 is 0 Å². The molecule has 4 aromatic rings. The van der Waals surface area contributed by atoms with E-state index in [0.717, 1.165) is 16.6 Å². The third-order valence-electron chi connectivity index (χ3n) is 3.24. The molecular weight excluding hydrogens is 286 g/mol. The Bertz CT molecular complexity index is 893. The van der Waals surface area contributed by atoms with Gasteiger partial charge in [0.2, 0.25) is 11.7 Å². The van der Waals surface area contributed by atoms with E-state index < -0.39 is 0 Å². The SMILES string of the molecule is Cn1nnc2ccc(-c3noc(Cc4cccs4)n3)cc21. The molecule has 0 saturated heterocycles. The van der Waals surface area contributed by atoms with Crippen LogP contribution in [-0.4, -0.2) is 25.1 Å². The number of hydrogen-bond acceptors (Lipinski definition) is 6. The first-order valence-corrected chi connectivity index (χ1v) is 7.32. The maximum absolute atomic E-state index is 5.32. The van der Waals surface area contributed by atoms with Crippen LogP contribution in [0.4, 0.5) is 0 Å². The van der Waals surface area contributed by atoms with E-state index in [1.54, 1.807) is 16.0 Å². The van der Waals surface area contributed by atoms with Crippen LogP contribution in [0.5, 0.6) is 0 Å². The fourth-order valence-corrected chi connectivity index (χ4v) is 2.87. The van der Waals surface area contributed by atoms with E-state index in [1.165, 1.54) is 4.88 Å². The highest BCUT2D eigenvalue weighted by molar-refractivity contribution is 7.09. The number of rotatable bonds is 3.